The Morgan fingerprint density at radius 1 is 1.24 bits per heavy atom. The van der Waals surface area contributed by atoms with Crippen molar-refractivity contribution in [3.8, 4) is 0 Å². The smallest absolute Gasteiger partial charge is 0.319 e. The summed E-state index contributed by atoms with van der Waals surface area (Å²) in [5.41, 5.74) is -0.262. The Morgan fingerprint density at radius 2 is 1.82 bits per heavy atom. The standard InChI is InChI=1S/C8H4BrF5N2O/c9-5-2-1-4(3-15-5)16-6(17)7(10,11)8(12,13)14/h1-3H,(H,16,17). The van der Waals surface area contributed by atoms with E-state index in [1.807, 2.05) is 0 Å². The van der Waals surface area contributed by atoms with E-state index in [0.29, 0.717) is 4.60 Å². The minimum absolute atomic E-state index is 0.262. The molecule has 0 unspecified atom stereocenters. The third-order valence-corrected chi connectivity index (χ3v) is 2.10. The molecule has 0 spiro atoms. The average molecular weight is 319 g/mol. The number of carbonyl (C=O) groups is 1. The number of hydrogen-bond donors (Lipinski definition) is 1. The van der Waals surface area contributed by atoms with E-state index < -0.39 is 18.0 Å². The Hall–Kier alpha value is -1.25. The second kappa shape index (κ2) is 4.55. The first kappa shape index (κ1) is 13.8. The maximum absolute atomic E-state index is 12.5. The van der Waals surface area contributed by atoms with Crippen LogP contribution in [-0.4, -0.2) is 23.0 Å². The summed E-state index contributed by atoms with van der Waals surface area (Å²) in [6, 6.07) is 2.41. The molecule has 1 heterocycles. The molecule has 0 atom stereocenters. The van der Waals surface area contributed by atoms with E-state index in [1.54, 1.807) is 0 Å². The van der Waals surface area contributed by atoms with Crippen molar-refractivity contribution >= 4 is 27.5 Å². The van der Waals surface area contributed by atoms with Crippen LogP contribution in [-0.2, 0) is 4.79 Å². The lowest BCUT2D eigenvalue weighted by molar-refractivity contribution is -0.267. The highest BCUT2D eigenvalue weighted by Crippen LogP contribution is 2.36. The number of aromatic nitrogens is 1. The van der Waals surface area contributed by atoms with E-state index in [-0.39, 0.29) is 5.69 Å². The highest BCUT2D eigenvalue weighted by atomic mass is 79.9. The highest BCUT2D eigenvalue weighted by molar-refractivity contribution is 9.10. The molecule has 94 valence electrons. The number of rotatable bonds is 2. The van der Waals surface area contributed by atoms with Crippen LogP contribution in [0.4, 0.5) is 27.6 Å². The lowest BCUT2D eigenvalue weighted by Crippen LogP contribution is -2.47. The predicted molar refractivity (Wildman–Crippen MR) is 51.6 cm³/mol. The van der Waals surface area contributed by atoms with Gasteiger partial charge in [0.15, 0.2) is 0 Å². The van der Waals surface area contributed by atoms with Crippen LogP contribution < -0.4 is 5.32 Å². The molecule has 0 radical (unpaired) electrons. The number of amides is 1. The molecule has 17 heavy (non-hydrogen) atoms. The molecule has 1 N–H and O–H groups in total. The first-order valence-corrected chi connectivity index (χ1v) is 4.81. The molecule has 0 bridgehead atoms. The van der Waals surface area contributed by atoms with Crippen molar-refractivity contribution in [2.45, 2.75) is 12.1 Å². The molecule has 1 amide bonds. The van der Waals surface area contributed by atoms with Crippen LogP contribution in [0.15, 0.2) is 22.9 Å². The maximum atomic E-state index is 12.5. The van der Waals surface area contributed by atoms with E-state index in [1.165, 1.54) is 11.4 Å². The van der Waals surface area contributed by atoms with Crippen molar-refractivity contribution in [3.63, 3.8) is 0 Å². The number of anilines is 1. The Morgan fingerprint density at radius 3 is 2.24 bits per heavy atom. The minimum atomic E-state index is -5.93. The Kier molecular flexibility index (Phi) is 3.70. The quantitative estimate of drug-likeness (QED) is 0.673. The van der Waals surface area contributed by atoms with E-state index in [9.17, 15) is 26.7 Å². The van der Waals surface area contributed by atoms with Gasteiger partial charge in [0.25, 0.3) is 0 Å². The zero-order valence-corrected chi connectivity index (χ0v) is 9.44. The van der Waals surface area contributed by atoms with E-state index in [4.69, 9.17) is 0 Å². The molecule has 0 aromatic carbocycles. The third-order valence-electron chi connectivity index (χ3n) is 1.63. The Labute approximate surface area is 100 Å². The van der Waals surface area contributed by atoms with Gasteiger partial charge in [-0.25, -0.2) is 4.98 Å². The van der Waals surface area contributed by atoms with Gasteiger partial charge in [-0.2, -0.15) is 22.0 Å². The van der Waals surface area contributed by atoms with Crippen LogP contribution in [0, 0.1) is 0 Å². The van der Waals surface area contributed by atoms with Gasteiger partial charge in [0.1, 0.15) is 4.60 Å². The minimum Gasteiger partial charge on any atom is -0.319 e. The molecular weight excluding hydrogens is 315 g/mol. The molecule has 0 fully saturated rings. The summed E-state index contributed by atoms with van der Waals surface area (Å²) in [6.07, 6.45) is -4.99. The van der Waals surface area contributed by atoms with Crippen molar-refractivity contribution in [3.05, 3.63) is 22.9 Å². The normalized spacial score (nSPS) is 12.4. The SMILES string of the molecule is O=C(Nc1ccc(Br)nc1)C(F)(F)C(F)(F)F. The molecule has 0 saturated carbocycles. The van der Waals surface area contributed by atoms with Crippen molar-refractivity contribution in [1.29, 1.82) is 0 Å². The lowest BCUT2D eigenvalue weighted by Gasteiger charge is -2.18. The summed E-state index contributed by atoms with van der Waals surface area (Å²) in [4.78, 5) is 14.3. The highest BCUT2D eigenvalue weighted by Gasteiger charge is 2.63. The second-order valence-electron chi connectivity index (χ2n) is 2.90. The van der Waals surface area contributed by atoms with Crippen LogP contribution in [0.2, 0.25) is 0 Å². The van der Waals surface area contributed by atoms with Crippen LogP contribution in [0.5, 0.6) is 0 Å². The van der Waals surface area contributed by atoms with E-state index >= 15 is 0 Å². The van der Waals surface area contributed by atoms with Gasteiger partial charge in [-0.1, -0.05) is 0 Å². The number of carbonyl (C=O) groups excluding carboxylic acids is 1. The fourth-order valence-electron chi connectivity index (χ4n) is 0.788. The van der Waals surface area contributed by atoms with Crippen LogP contribution in [0.1, 0.15) is 0 Å². The zero-order valence-electron chi connectivity index (χ0n) is 7.86. The molecule has 1 rings (SSSR count). The molecule has 0 aliphatic carbocycles. The first-order chi connectivity index (χ1) is 7.64. The van der Waals surface area contributed by atoms with Gasteiger partial charge in [0, 0.05) is 0 Å². The van der Waals surface area contributed by atoms with Gasteiger partial charge in [-0.15, -0.1) is 0 Å². The number of halogens is 6. The monoisotopic (exact) mass is 318 g/mol. The van der Waals surface area contributed by atoms with Crippen molar-refractivity contribution in [1.82, 2.24) is 4.98 Å². The molecule has 1 aromatic heterocycles. The van der Waals surface area contributed by atoms with Gasteiger partial charge in [-0.3, -0.25) is 4.79 Å². The predicted octanol–water partition coefficient (Wildman–Crippen LogP) is 2.98. The van der Waals surface area contributed by atoms with Gasteiger partial charge >= 0.3 is 18.0 Å². The first-order valence-electron chi connectivity index (χ1n) is 4.02. The summed E-state index contributed by atoms with van der Waals surface area (Å²) >= 11 is 2.93. The van der Waals surface area contributed by atoms with E-state index in [2.05, 4.69) is 20.9 Å². The van der Waals surface area contributed by atoms with Gasteiger partial charge in [0.2, 0.25) is 0 Å². The van der Waals surface area contributed by atoms with Gasteiger partial charge in [-0.05, 0) is 28.1 Å². The average Bonchev–Trinajstić information content (AvgIpc) is 2.19. The zero-order chi connectivity index (χ0) is 13.3. The molecule has 9 heteroatoms. The van der Waals surface area contributed by atoms with Crippen LogP contribution in [0.25, 0.3) is 0 Å². The van der Waals surface area contributed by atoms with Gasteiger partial charge < -0.3 is 5.32 Å². The van der Waals surface area contributed by atoms with Crippen LogP contribution >= 0.6 is 15.9 Å². The summed E-state index contributed by atoms with van der Waals surface area (Å²) in [7, 11) is 0. The fourth-order valence-corrected chi connectivity index (χ4v) is 1.02. The number of nitrogens with one attached hydrogen (secondary N) is 1. The number of alkyl halides is 5. The lowest BCUT2D eigenvalue weighted by atomic mass is 10.3. The van der Waals surface area contributed by atoms with E-state index in [0.717, 1.165) is 12.3 Å². The van der Waals surface area contributed by atoms with Crippen molar-refractivity contribution in [2.24, 2.45) is 0 Å². The fraction of sp³-hybridized carbons (Fsp3) is 0.250. The Bertz CT molecular complexity index is 417. The molecular formula is C8H4BrF5N2O. The summed E-state index contributed by atoms with van der Waals surface area (Å²) in [5.74, 6) is -7.89. The topological polar surface area (TPSA) is 42.0 Å². The summed E-state index contributed by atoms with van der Waals surface area (Å²) in [5, 5.41) is 1.42. The summed E-state index contributed by atoms with van der Waals surface area (Å²) in [6.45, 7) is 0. The second-order valence-corrected chi connectivity index (χ2v) is 3.71. The summed E-state index contributed by atoms with van der Waals surface area (Å²) < 4.78 is 60.8. The van der Waals surface area contributed by atoms with Crippen LogP contribution in [0.3, 0.4) is 0 Å². The third kappa shape index (κ3) is 3.11. The Balaban J connectivity index is 2.83. The molecule has 0 aliphatic rings. The number of hydrogen-bond acceptors (Lipinski definition) is 2. The largest absolute Gasteiger partial charge is 0.463 e. The molecule has 0 aliphatic heterocycles. The number of pyridine rings is 1. The molecule has 3 nitrogen and oxygen atoms in total. The molecule has 0 saturated heterocycles. The van der Waals surface area contributed by atoms with Crippen molar-refractivity contribution in [2.75, 3.05) is 5.32 Å². The maximum Gasteiger partial charge on any atom is 0.463 e. The van der Waals surface area contributed by atoms with Gasteiger partial charge in [0.05, 0.1) is 11.9 Å². The number of nitrogens with zero attached hydrogens (tertiary/aromatic N) is 1. The van der Waals surface area contributed by atoms with Crippen molar-refractivity contribution < 1.29 is 26.7 Å². The molecule has 1 aromatic rings.